The monoisotopic (exact) mass is 1590 g/mol. The molecule has 2 aliphatic heterocycles. The Balaban J connectivity index is 0.000000535. The van der Waals surface area contributed by atoms with Crippen LogP contribution in [0.3, 0.4) is 0 Å². The van der Waals surface area contributed by atoms with Crippen LogP contribution in [-0.2, 0) is 51.2 Å². The van der Waals surface area contributed by atoms with Gasteiger partial charge in [0.15, 0.2) is 23.3 Å². The number of aromatic nitrogens is 4. The molecule has 4 heterocycles. The zero-order valence-electron chi connectivity index (χ0n) is 35.3. The number of hydrogen-bond donors (Lipinski definition) is 6. The molecule has 380 valence electrons. The van der Waals surface area contributed by atoms with E-state index in [0.717, 1.165) is 53.5 Å². The molecule has 0 radical (unpaired) electrons. The molecule has 0 amide bonds. The summed E-state index contributed by atoms with van der Waals surface area (Å²) in [5, 5.41) is 22.2. The standard InChI is InChI=1S/C18H21F2N5O5S.C12H8ClF2N3O2.C6H14N2O3S.CH4.2HI.2Re/c1-30-13-4-3-10(19)15(20)14(13)16(27)9-7-22-18(24-17(9)21)23-11-5-6-25(8-12(11)26)31(2,28)29;1-20-7-3-2-6(14)9(15)8(7)10(19)5-4-17-12(13)18-11(5)16;1-12(10,11)8-3-2-5(7)6(9)4-8;;;;;/h3-4,7,11-12,26H,5-6,8H2,1-2H3,(H3,21,22,23,24);2-4H,1H3,(H2,16,17,18);5-6,9H,2-4,7H2,1H3;1H4;2*1H;;/q;;;;;;2*+1/p-2/t11-,12-;;5-,6-;;;;;/m1.1...../s1. The van der Waals surface area contributed by atoms with E-state index in [1.165, 1.54) is 18.5 Å². The van der Waals surface area contributed by atoms with Crippen LogP contribution in [0.5, 0.6) is 11.5 Å². The molecule has 4 atom stereocenters. The number of ether oxygens (including phenoxy) is 2. The molecule has 0 unspecified atom stereocenters. The first-order valence-electron chi connectivity index (χ1n) is 18.5. The van der Waals surface area contributed by atoms with Gasteiger partial charge in [-0.25, -0.2) is 49.3 Å². The van der Waals surface area contributed by atoms with E-state index in [2.05, 4.69) is 64.3 Å². The molecular formula is C37H47ClF4I2N10O10Re2S2. The van der Waals surface area contributed by atoms with Gasteiger partial charge in [-0.1, -0.05) is 7.43 Å². The van der Waals surface area contributed by atoms with Crippen molar-refractivity contribution >= 4 is 99.8 Å². The van der Waals surface area contributed by atoms with Crippen molar-refractivity contribution in [2.75, 3.05) is 69.7 Å². The van der Waals surface area contributed by atoms with Gasteiger partial charge in [0.1, 0.15) is 34.3 Å². The molecular weight excluding hydrogens is 1550 g/mol. The fraction of sp³-hybridized carbons (Fsp3) is 0.405. The Morgan fingerprint density at radius 2 is 1.18 bits per heavy atom. The number of β-amino-alcohol motifs (C(OH)–C–C–N with tert-alkyl or cyclic N) is 2. The maximum atomic E-state index is 14.2. The van der Waals surface area contributed by atoms with Gasteiger partial charge >= 0.3 is 70.2 Å². The molecule has 2 fully saturated rings. The maximum absolute atomic E-state index is 14.2. The molecule has 0 saturated carbocycles. The number of ketones is 2. The Labute approximate surface area is 438 Å². The molecule has 2 saturated heterocycles. The van der Waals surface area contributed by atoms with Crippen LogP contribution in [0.15, 0.2) is 36.7 Å². The van der Waals surface area contributed by atoms with Crippen molar-refractivity contribution in [3.05, 3.63) is 87.5 Å². The topological polar surface area (TPSA) is 309 Å². The molecule has 0 spiro atoms. The molecule has 31 heteroatoms. The van der Waals surface area contributed by atoms with Gasteiger partial charge < -0.3 is 42.2 Å². The second-order valence-electron chi connectivity index (χ2n) is 13.8. The second-order valence-corrected chi connectivity index (χ2v) is 18.1. The van der Waals surface area contributed by atoms with Gasteiger partial charge in [-0.15, -0.1) is 0 Å². The van der Waals surface area contributed by atoms with Crippen molar-refractivity contribution in [1.82, 2.24) is 28.5 Å². The molecule has 68 heavy (non-hydrogen) atoms. The Hall–Kier alpha value is -2.57. The summed E-state index contributed by atoms with van der Waals surface area (Å²) < 4.78 is 112. The number of carbonyl (C=O) groups excluding carboxylic acids is 2. The number of halogens is 7. The molecule has 2 aliphatic rings. The summed E-state index contributed by atoms with van der Waals surface area (Å²) in [6.45, 7) is 0.635. The minimum atomic E-state index is -3.43. The Morgan fingerprint density at radius 1 is 0.765 bits per heavy atom. The van der Waals surface area contributed by atoms with E-state index in [9.17, 15) is 54.2 Å². The molecule has 0 aliphatic carbocycles. The van der Waals surface area contributed by atoms with Crippen molar-refractivity contribution in [2.45, 2.75) is 44.6 Å². The average molecular weight is 1590 g/mol. The summed E-state index contributed by atoms with van der Waals surface area (Å²) in [5.74, 6) is -7.81. The van der Waals surface area contributed by atoms with Gasteiger partial charge in [-0.2, -0.15) is 13.6 Å². The first kappa shape index (κ1) is 63.4. The summed E-state index contributed by atoms with van der Waals surface area (Å²) in [6.07, 6.45) is 3.33. The van der Waals surface area contributed by atoms with Gasteiger partial charge in [-0.05, 0) is 48.7 Å². The van der Waals surface area contributed by atoms with Crippen molar-refractivity contribution in [2.24, 2.45) is 5.73 Å². The van der Waals surface area contributed by atoms with E-state index in [1.807, 2.05) is 0 Å². The number of methoxy groups -OCH3 is 2. The van der Waals surface area contributed by atoms with Gasteiger partial charge in [0.2, 0.25) is 42.8 Å². The number of nitrogens with one attached hydrogen (secondary N) is 1. The minimum absolute atomic E-state index is 0. The zero-order chi connectivity index (χ0) is 51.1. The Bertz CT molecular complexity index is 2600. The fourth-order valence-electron chi connectivity index (χ4n) is 6.05. The number of nitrogen functional groups attached to an aromatic ring is 2. The quantitative estimate of drug-likeness (QED) is 0.0574. The molecule has 20 nitrogen and oxygen atoms in total. The number of aliphatic hydroxyl groups is 2. The summed E-state index contributed by atoms with van der Waals surface area (Å²) in [5.41, 5.74) is 15.2. The fourth-order valence-corrected chi connectivity index (χ4v) is 7.91. The number of aliphatic hydroxyl groups excluding tert-OH is 2. The van der Waals surface area contributed by atoms with E-state index < -0.39 is 84.3 Å². The number of piperidine rings is 2. The molecule has 6 rings (SSSR count). The third-order valence-electron chi connectivity index (χ3n) is 9.50. The number of nitrogens with zero attached hydrogens (tertiary/aromatic N) is 6. The van der Waals surface area contributed by atoms with Crippen molar-refractivity contribution in [3.63, 3.8) is 0 Å². The second kappa shape index (κ2) is 29.1. The van der Waals surface area contributed by atoms with Crippen molar-refractivity contribution < 1.29 is 94.8 Å². The van der Waals surface area contributed by atoms with Gasteiger partial charge in [0, 0.05) is 44.6 Å². The molecule has 0 bridgehead atoms. The van der Waals surface area contributed by atoms with Gasteiger partial charge in [-0.3, -0.25) is 9.59 Å². The van der Waals surface area contributed by atoms with Crippen molar-refractivity contribution in [1.29, 1.82) is 0 Å². The summed E-state index contributed by atoms with van der Waals surface area (Å²) in [4.78, 5) is 40.1. The number of hydrogen-bond acceptors (Lipinski definition) is 18. The normalized spacial score (nSPS) is 18.2. The summed E-state index contributed by atoms with van der Waals surface area (Å²) >= 11 is 13.3. The first-order valence-corrected chi connectivity index (χ1v) is 38.0. The van der Waals surface area contributed by atoms with Gasteiger partial charge in [0.05, 0.1) is 56.1 Å². The van der Waals surface area contributed by atoms with Gasteiger partial charge in [0.25, 0.3) is 0 Å². The molecule has 2 aromatic heterocycles. The van der Waals surface area contributed by atoms with Crippen LogP contribution in [0.4, 0.5) is 35.1 Å². The van der Waals surface area contributed by atoms with E-state index in [4.69, 9.17) is 38.3 Å². The Kier molecular flexibility index (Phi) is 27.1. The van der Waals surface area contributed by atoms with Crippen LogP contribution < -0.4 is 32.0 Å². The zero-order valence-corrected chi connectivity index (χ0v) is 47.4. The summed E-state index contributed by atoms with van der Waals surface area (Å²) in [6, 6.07) is 3.09. The van der Waals surface area contributed by atoms with Crippen LogP contribution in [0.1, 0.15) is 52.1 Å². The van der Waals surface area contributed by atoms with Crippen LogP contribution in [0.25, 0.3) is 0 Å². The van der Waals surface area contributed by atoms with Crippen LogP contribution in [0, 0.1) is 23.3 Å². The predicted molar refractivity (Wildman–Crippen MR) is 255 cm³/mol. The van der Waals surface area contributed by atoms with E-state index in [-0.39, 0.29) is 85.0 Å². The van der Waals surface area contributed by atoms with Crippen molar-refractivity contribution in [3.8, 4) is 11.5 Å². The van der Waals surface area contributed by atoms with Crippen LogP contribution in [0.2, 0.25) is 5.28 Å². The number of benzene rings is 2. The number of sulfonamides is 2. The first-order chi connectivity index (χ1) is 31.4. The number of carbonyl (C=O) groups is 2. The van der Waals surface area contributed by atoms with Crippen LogP contribution >= 0.6 is 50.6 Å². The van der Waals surface area contributed by atoms with Crippen LogP contribution in [-0.4, -0.2) is 144 Å². The number of anilines is 3. The average Bonchev–Trinajstić information content (AvgIpc) is 3.27. The predicted octanol–water partition coefficient (Wildman–Crippen LogP) is 3.36. The third kappa shape index (κ3) is 17.3. The molecule has 9 N–H and O–H groups in total. The molecule has 2 aromatic carbocycles. The number of nitrogens with two attached hydrogens (primary N) is 3. The third-order valence-corrected chi connectivity index (χ3v) is 12.2. The van der Waals surface area contributed by atoms with E-state index in [0.29, 0.717) is 13.0 Å². The number of rotatable bonds is 10. The summed E-state index contributed by atoms with van der Waals surface area (Å²) in [7, 11) is -4.16. The SMILES string of the molecule is C.COc1ccc(F)c(F)c1C(=O)c1cnc(Cl)nc1N.COc1ccc(F)c(F)c1C(=O)c1cnc(N[C@@H]2CCN(S(C)(=O)=O)C[C@H]2O)nc1N.CS(=O)(=O)N1CC[C@@H](N)[C@H](O)C1.[I][Re].[I][Re]. The molecule has 4 aromatic rings. The van der Waals surface area contributed by atoms with E-state index >= 15 is 0 Å². The Morgan fingerprint density at radius 3 is 1.56 bits per heavy atom. The van der Waals surface area contributed by atoms with E-state index in [1.54, 1.807) is 31.2 Å².